The maximum absolute atomic E-state index is 11.8. The summed E-state index contributed by atoms with van der Waals surface area (Å²) in [5, 5.41) is 18.3. The summed E-state index contributed by atoms with van der Waals surface area (Å²) >= 11 is 0. The van der Waals surface area contributed by atoms with Crippen molar-refractivity contribution in [2.24, 2.45) is 7.05 Å². The number of carboxylic acids is 1. The first-order valence-corrected chi connectivity index (χ1v) is 6.07. The van der Waals surface area contributed by atoms with E-state index in [-0.39, 0.29) is 6.42 Å². The number of aryl methyl sites for hydroxylation is 2. The summed E-state index contributed by atoms with van der Waals surface area (Å²) in [5.74, 6) is -0.957. The molecule has 1 rings (SSSR count). The highest BCUT2D eigenvalue weighted by Gasteiger charge is 2.24. The van der Waals surface area contributed by atoms with E-state index in [1.807, 2.05) is 6.92 Å². The zero-order valence-corrected chi connectivity index (χ0v) is 11.6. The Kier molecular flexibility index (Phi) is 4.52. The lowest BCUT2D eigenvalue weighted by Crippen LogP contribution is -2.46. The quantitative estimate of drug-likeness (QED) is 0.751. The van der Waals surface area contributed by atoms with Crippen LogP contribution in [0.1, 0.15) is 32.9 Å². The van der Waals surface area contributed by atoms with Crippen molar-refractivity contribution >= 4 is 17.7 Å². The van der Waals surface area contributed by atoms with Crippen LogP contribution in [0.2, 0.25) is 0 Å². The molecule has 0 saturated carbocycles. The molecule has 0 atom stereocenters. The molecule has 1 aromatic heterocycles. The zero-order valence-electron chi connectivity index (χ0n) is 11.6. The van der Waals surface area contributed by atoms with Gasteiger partial charge in [-0.1, -0.05) is 6.92 Å². The average molecular weight is 268 g/mol. The highest BCUT2D eigenvalue weighted by atomic mass is 16.4. The summed E-state index contributed by atoms with van der Waals surface area (Å²) < 4.78 is 1.62. The third kappa shape index (κ3) is 4.61. The van der Waals surface area contributed by atoms with Crippen LogP contribution in [0.4, 0.5) is 10.5 Å². The van der Waals surface area contributed by atoms with Gasteiger partial charge in [-0.15, -0.1) is 0 Å². The number of hydrogen-bond donors (Lipinski definition) is 3. The second kappa shape index (κ2) is 5.73. The molecule has 0 aromatic carbocycles. The lowest BCUT2D eigenvalue weighted by Gasteiger charge is -2.24. The minimum atomic E-state index is -0.957. The van der Waals surface area contributed by atoms with Crippen molar-refractivity contribution < 1.29 is 14.7 Å². The summed E-state index contributed by atoms with van der Waals surface area (Å²) in [6, 6.07) is -0.436. The number of urea groups is 1. The molecule has 3 N–H and O–H groups in total. The van der Waals surface area contributed by atoms with Gasteiger partial charge in [-0.25, -0.2) is 4.79 Å². The molecule has 0 bridgehead atoms. The van der Waals surface area contributed by atoms with Gasteiger partial charge >= 0.3 is 12.0 Å². The van der Waals surface area contributed by atoms with Crippen molar-refractivity contribution in [3.05, 3.63) is 11.9 Å². The number of amides is 2. The number of hydrogen-bond acceptors (Lipinski definition) is 3. The van der Waals surface area contributed by atoms with Gasteiger partial charge in [0.2, 0.25) is 0 Å². The Morgan fingerprint density at radius 2 is 2.11 bits per heavy atom. The molecule has 1 heterocycles. The molecule has 0 aliphatic rings. The fourth-order valence-corrected chi connectivity index (χ4v) is 1.78. The summed E-state index contributed by atoms with van der Waals surface area (Å²) in [5.41, 5.74) is 0.604. The van der Waals surface area contributed by atoms with Crippen LogP contribution in [0, 0.1) is 0 Å². The second-order valence-electron chi connectivity index (χ2n) is 5.05. The van der Waals surface area contributed by atoms with Crippen LogP contribution in [-0.2, 0) is 18.3 Å². The van der Waals surface area contributed by atoms with Gasteiger partial charge in [-0.2, -0.15) is 5.10 Å². The summed E-state index contributed by atoms with van der Waals surface area (Å²) in [7, 11) is 1.77. The molecular formula is C12H20N4O3. The van der Waals surface area contributed by atoms with E-state index >= 15 is 0 Å². The lowest BCUT2D eigenvalue weighted by molar-refractivity contribution is -0.138. The topological polar surface area (TPSA) is 96.3 Å². The minimum Gasteiger partial charge on any atom is -0.481 e. The summed E-state index contributed by atoms with van der Waals surface area (Å²) in [4.78, 5) is 22.5. The van der Waals surface area contributed by atoms with Crippen LogP contribution in [-0.4, -0.2) is 32.4 Å². The first-order chi connectivity index (χ1) is 8.73. The predicted octanol–water partition coefficient (Wildman–Crippen LogP) is 1.36. The zero-order chi connectivity index (χ0) is 14.6. The third-order valence-electron chi connectivity index (χ3n) is 2.53. The molecule has 0 unspecified atom stereocenters. The van der Waals surface area contributed by atoms with Gasteiger partial charge in [-0.3, -0.25) is 9.48 Å². The second-order valence-corrected chi connectivity index (χ2v) is 5.05. The molecule has 2 amide bonds. The Balaban J connectivity index is 2.67. The van der Waals surface area contributed by atoms with Crippen LogP contribution in [0.3, 0.4) is 0 Å². The number of carboxylic acid groups (broad SMARTS) is 1. The standard InChI is InChI=1S/C12H20N4O3/c1-5-8-9(7-16(4)15-8)13-11(19)14-12(2,3)6-10(17)18/h7H,5-6H2,1-4H3,(H,17,18)(H2,13,14,19). The molecule has 0 spiro atoms. The van der Waals surface area contributed by atoms with Crippen LogP contribution >= 0.6 is 0 Å². The monoisotopic (exact) mass is 268 g/mol. The number of aromatic nitrogens is 2. The van der Waals surface area contributed by atoms with E-state index in [0.717, 1.165) is 5.69 Å². The fourth-order valence-electron chi connectivity index (χ4n) is 1.78. The molecule has 7 nitrogen and oxygen atoms in total. The molecule has 0 fully saturated rings. The molecule has 1 aromatic rings. The predicted molar refractivity (Wildman–Crippen MR) is 71.1 cm³/mol. The maximum atomic E-state index is 11.8. The van der Waals surface area contributed by atoms with Gasteiger partial charge < -0.3 is 15.7 Å². The third-order valence-corrected chi connectivity index (χ3v) is 2.53. The Labute approximate surface area is 112 Å². The molecule has 0 saturated heterocycles. The van der Waals surface area contributed by atoms with Crippen LogP contribution in [0.5, 0.6) is 0 Å². The van der Waals surface area contributed by atoms with Gasteiger partial charge in [0, 0.05) is 18.8 Å². The van der Waals surface area contributed by atoms with Crippen molar-refractivity contribution in [3.63, 3.8) is 0 Å². The van der Waals surface area contributed by atoms with Gasteiger partial charge in [-0.05, 0) is 20.3 Å². The lowest BCUT2D eigenvalue weighted by atomic mass is 10.0. The number of nitrogens with one attached hydrogen (secondary N) is 2. The summed E-state index contributed by atoms with van der Waals surface area (Å²) in [6.07, 6.45) is 2.27. The van der Waals surface area contributed by atoms with Crippen LogP contribution in [0.15, 0.2) is 6.20 Å². The highest BCUT2D eigenvalue weighted by Crippen LogP contribution is 2.14. The minimum absolute atomic E-state index is 0.145. The number of rotatable bonds is 5. The molecule has 0 radical (unpaired) electrons. The SMILES string of the molecule is CCc1nn(C)cc1NC(=O)NC(C)(C)CC(=O)O. The van der Waals surface area contributed by atoms with Crippen molar-refractivity contribution in [3.8, 4) is 0 Å². The van der Waals surface area contributed by atoms with E-state index < -0.39 is 17.5 Å². The van der Waals surface area contributed by atoms with Gasteiger partial charge in [0.15, 0.2) is 0 Å². The van der Waals surface area contributed by atoms with Gasteiger partial charge in [0.05, 0.1) is 17.8 Å². The molecule has 106 valence electrons. The maximum Gasteiger partial charge on any atom is 0.319 e. The fraction of sp³-hybridized carbons (Fsp3) is 0.583. The number of aliphatic carboxylic acids is 1. The van der Waals surface area contributed by atoms with Crippen molar-refractivity contribution in [2.75, 3.05) is 5.32 Å². The van der Waals surface area contributed by atoms with Gasteiger partial charge in [0.25, 0.3) is 0 Å². The first kappa shape index (κ1) is 15.0. The Hall–Kier alpha value is -2.05. The Morgan fingerprint density at radius 3 is 2.63 bits per heavy atom. The van der Waals surface area contributed by atoms with Crippen LogP contribution in [0.25, 0.3) is 0 Å². The number of carbonyl (C=O) groups excluding carboxylic acids is 1. The Bertz CT molecular complexity index is 479. The van der Waals surface area contributed by atoms with Crippen molar-refractivity contribution in [1.29, 1.82) is 0 Å². The van der Waals surface area contributed by atoms with Crippen molar-refractivity contribution in [2.45, 2.75) is 39.2 Å². The molecule has 19 heavy (non-hydrogen) atoms. The smallest absolute Gasteiger partial charge is 0.319 e. The summed E-state index contributed by atoms with van der Waals surface area (Å²) in [6.45, 7) is 5.26. The first-order valence-electron chi connectivity index (χ1n) is 6.07. The van der Waals surface area contributed by atoms with E-state index in [1.165, 1.54) is 0 Å². The van der Waals surface area contributed by atoms with Crippen molar-refractivity contribution in [1.82, 2.24) is 15.1 Å². The molecule has 0 aliphatic carbocycles. The molecular weight excluding hydrogens is 248 g/mol. The van der Waals surface area contributed by atoms with E-state index in [1.54, 1.807) is 31.8 Å². The highest BCUT2D eigenvalue weighted by molar-refractivity contribution is 5.90. The average Bonchev–Trinajstić information content (AvgIpc) is 2.55. The number of carbonyl (C=O) groups is 2. The normalized spacial score (nSPS) is 11.2. The molecule has 0 aliphatic heterocycles. The number of nitrogens with zero attached hydrogens (tertiary/aromatic N) is 2. The number of anilines is 1. The van der Waals surface area contributed by atoms with E-state index in [4.69, 9.17) is 5.11 Å². The van der Waals surface area contributed by atoms with Crippen LogP contribution < -0.4 is 10.6 Å². The largest absolute Gasteiger partial charge is 0.481 e. The van der Waals surface area contributed by atoms with E-state index in [2.05, 4.69) is 15.7 Å². The van der Waals surface area contributed by atoms with Gasteiger partial charge in [0.1, 0.15) is 0 Å². The van der Waals surface area contributed by atoms with E-state index in [0.29, 0.717) is 12.1 Å². The molecule has 7 heteroatoms. The Morgan fingerprint density at radius 1 is 1.47 bits per heavy atom. The van der Waals surface area contributed by atoms with E-state index in [9.17, 15) is 9.59 Å².